The van der Waals surface area contributed by atoms with E-state index in [9.17, 15) is 9.59 Å². The summed E-state index contributed by atoms with van der Waals surface area (Å²) in [5, 5.41) is 4.29. The Morgan fingerprint density at radius 3 is 2.97 bits per heavy atom. The average Bonchev–Trinajstić information content (AvgIpc) is 3.03. The highest BCUT2D eigenvalue weighted by atomic mass is 32.2. The van der Waals surface area contributed by atoms with Crippen molar-refractivity contribution in [3.05, 3.63) is 20.8 Å². The van der Waals surface area contributed by atoms with Crippen LogP contribution < -0.4 is 10.9 Å². The van der Waals surface area contributed by atoms with Crippen molar-refractivity contribution < 1.29 is 9.53 Å². The molecule has 29 heavy (non-hydrogen) atoms. The number of nitrogens with one attached hydrogen (secondary N) is 1. The van der Waals surface area contributed by atoms with Crippen molar-refractivity contribution in [2.75, 3.05) is 26.0 Å². The normalized spacial score (nSPS) is 16.4. The minimum atomic E-state index is -0.0731. The highest BCUT2D eigenvalue weighted by Crippen LogP contribution is 2.36. The molecule has 0 saturated carbocycles. The molecule has 1 N–H and O–H groups in total. The van der Waals surface area contributed by atoms with Gasteiger partial charge in [0, 0.05) is 25.1 Å². The number of rotatable bonds is 9. The molecule has 2 aromatic rings. The van der Waals surface area contributed by atoms with Crippen LogP contribution in [0.5, 0.6) is 0 Å². The topological polar surface area (TPSA) is 73.2 Å². The SMILES string of the molecule is COCCNC(=O)CSc1nc2sc3c(c2c(=O)n1CCC(C)C)CC[C@@H](C)C3. The molecule has 0 bridgehead atoms. The van der Waals surface area contributed by atoms with Crippen LogP contribution in [0.3, 0.4) is 0 Å². The monoisotopic (exact) mass is 437 g/mol. The molecular formula is C21H31N3O3S2. The number of ether oxygens (including phenoxy) is 1. The molecule has 0 radical (unpaired) electrons. The number of aryl methyl sites for hydroxylation is 1. The Balaban J connectivity index is 1.91. The molecule has 0 aliphatic heterocycles. The quantitative estimate of drug-likeness (QED) is 0.369. The van der Waals surface area contributed by atoms with Crippen LogP contribution in [0.15, 0.2) is 9.95 Å². The van der Waals surface area contributed by atoms with Crippen LogP contribution >= 0.6 is 23.1 Å². The number of nitrogens with zero attached hydrogens (tertiary/aromatic N) is 2. The Bertz CT molecular complexity index is 920. The van der Waals surface area contributed by atoms with Crippen LogP contribution in [0.2, 0.25) is 0 Å². The second kappa shape index (κ2) is 10.1. The van der Waals surface area contributed by atoms with Gasteiger partial charge in [-0.25, -0.2) is 4.98 Å². The molecule has 0 spiro atoms. The summed E-state index contributed by atoms with van der Waals surface area (Å²) in [6.07, 6.45) is 4.03. The van der Waals surface area contributed by atoms with E-state index in [1.807, 2.05) is 0 Å². The molecule has 8 heteroatoms. The Kier molecular flexibility index (Phi) is 7.76. The number of amides is 1. The van der Waals surface area contributed by atoms with Gasteiger partial charge in [-0.3, -0.25) is 14.2 Å². The van der Waals surface area contributed by atoms with Crippen LogP contribution in [0.1, 0.15) is 44.1 Å². The fourth-order valence-electron chi connectivity index (χ4n) is 3.57. The number of thioether (sulfide) groups is 1. The zero-order chi connectivity index (χ0) is 21.0. The predicted molar refractivity (Wildman–Crippen MR) is 120 cm³/mol. The Morgan fingerprint density at radius 1 is 1.45 bits per heavy atom. The number of hydrogen-bond acceptors (Lipinski definition) is 6. The first-order valence-electron chi connectivity index (χ1n) is 10.3. The van der Waals surface area contributed by atoms with Crippen LogP contribution in [0, 0.1) is 11.8 Å². The molecule has 0 unspecified atom stereocenters. The van der Waals surface area contributed by atoms with Gasteiger partial charge in [0.05, 0.1) is 17.7 Å². The summed E-state index contributed by atoms with van der Waals surface area (Å²) in [5.41, 5.74) is 1.28. The first kappa shape index (κ1) is 22.3. The number of carbonyl (C=O) groups is 1. The van der Waals surface area contributed by atoms with Crippen molar-refractivity contribution in [1.29, 1.82) is 0 Å². The highest BCUT2D eigenvalue weighted by molar-refractivity contribution is 7.99. The maximum absolute atomic E-state index is 13.4. The summed E-state index contributed by atoms with van der Waals surface area (Å²) in [4.78, 5) is 32.5. The van der Waals surface area contributed by atoms with Gasteiger partial charge < -0.3 is 10.1 Å². The Labute approximate surface area is 180 Å². The van der Waals surface area contributed by atoms with Crippen molar-refractivity contribution in [3.8, 4) is 0 Å². The third-order valence-corrected chi connectivity index (χ3v) is 7.40. The molecule has 1 amide bonds. The molecular weight excluding hydrogens is 406 g/mol. The fraction of sp³-hybridized carbons (Fsp3) is 0.667. The van der Waals surface area contributed by atoms with E-state index in [2.05, 4.69) is 26.1 Å². The van der Waals surface area contributed by atoms with Gasteiger partial charge in [-0.05, 0) is 43.1 Å². The van der Waals surface area contributed by atoms with Gasteiger partial charge in [-0.1, -0.05) is 32.5 Å². The molecule has 1 atom stereocenters. The van der Waals surface area contributed by atoms with Crippen molar-refractivity contribution in [2.24, 2.45) is 11.8 Å². The molecule has 0 fully saturated rings. The maximum atomic E-state index is 13.4. The average molecular weight is 438 g/mol. The van der Waals surface area contributed by atoms with Crippen molar-refractivity contribution in [1.82, 2.24) is 14.9 Å². The molecule has 1 aliphatic carbocycles. The number of methoxy groups -OCH3 is 1. The first-order chi connectivity index (χ1) is 13.9. The van der Waals surface area contributed by atoms with Gasteiger partial charge in [0.2, 0.25) is 5.91 Å². The van der Waals surface area contributed by atoms with Gasteiger partial charge in [-0.2, -0.15) is 0 Å². The van der Waals surface area contributed by atoms with Crippen LogP contribution in [0.4, 0.5) is 0 Å². The lowest BCUT2D eigenvalue weighted by molar-refractivity contribution is -0.118. The number of hydrogen-bond donors (Lipinski definition) is 1. The largest absolute Gasteiger partial charge is 0.383 e. The van der Waals surface area contributed by atoms with Gasteiger partial charge in [-0.15, -0.1) is 11.3 Å². The predicted octanol–water partition coefficient (Wildman–Crippen LogP) is 3.48. The van der Waals surface area contributed by atoms with Gasteiger partial charge in [0.15, 0.2) is 5.16 Å². The maximum Gasteiger partial charge on any atom is 0.263 e. The molecule has 160 valence electrons. The summed E-state index contributed by atoms with van der Waals surface area (Å²) in [5.74, 6) is 1.32. The zero-order valence-electron chi connectivity index (χ0n) is 17.7. The molecule has 2 heterocycles. The molecule has 2 aromatic heterocycles. The summed E-state index contributed by atoms with van der Waals surface area (Å²) in [6, 6.07) is 0. The third kappa shape index (κ3) is 5.41. The molecule has 3 rings (SSSR count). The Morgan fingerprint density at radius 2 is 2.24 bits per heavy atom. The number of fused-ring (bicyclic) bond motifs is 3. The first-order valence-corrected chi connectivity index (χ1v) is 12.1. The smallest absolute Gasteiger partial charge is 0.263 e. The van der Waals surface area contributed by atoms with E-state index in [-0.39, 0.29) is 17.2 Å². The van der Waals surface area contributed by atoms with Crippen molar-refractivity contribution in [2.45, 2.75) is 58.2 Å². The highest BCUT2D eigenvalue weighted by Gasteiger charge is 2.25. The standard InChI is InChI=1S/C21H31N3O3S2/c1-13(2)7-9-24-20(26)18-15-6-5-14(3)11-16(15)29-19(18)23-21(24)28-12-17(25)22-8-10-27-4/h13-14H,5-12H2,1-4H3,(H,22,25)/t14-/m1/s1. The third-order valence-electron chi connectivity index (χ3n) is 5.27. The van der Waals surface area contributed by atoms with E-state index in [0.29, 0.717) is 36.7 Å². The lowest BCUT2D eigenvalue weighted by Crippen LogP contribution is -2.29. The second-order valence-electron chi connectivity index (χ2n) is 8.20. The van der Waals surface area contributed by atoms with Gasteiger partial charge in [0.25, 0.3) is 5.56 Å². The molecule has 6 nitrogen and oxygen atoms in total. The number of thiophene rings is 1. The zero-order valence-corrected chi connectivity index (χ0v) is 19.4. The number of aromatic nitrogens is 2. The van der Waals surface area contributed by atoms with Gasteiger partial charge in [0.1, 0.15) is 4.83 Å². The fourth-order valence-corrected chi connectivity index (χ4v) is 5.85. The van der Waals surface area contributed by atoms with E-state index >= 15 is 0 Å². The van der Waals surface area contributed by atoms with E-state index in [1.165, 1.54) is 22.2 Å². The molecule has 1 aliphatic rings. The number of carbonyl (C=O) groups excluding carboxylic acids is 1. The van der Waals surface area contributed by atoms with Gasteiger partial charge >= 0.3 is 0 Å². The minimum Gasteiger partial charge on any atom is -0.383 e. The summed E-state index contributed by atoms with van der Waals surface area (Å²) >= 11 is 3.01. The summed E-state index contributed by atoms with van der Waals surface area (Å²) < 4.78 is 6.75. The lowest BCUT2D eigenvalue weighted by Gasteiger charge is -2.18. The molecule has 0 aromatic carbocycles. The van der Waals surface area contributed by atoms with E-state index in [4.69, 9.17) is 9.72 Å². The molecule has 0 saturated heterocycles. The van der Waals surface area contributed by atoms with Crippen LogP contribution in [0.25, 0.3) is 10.2 Å². The van der Waals surface area contributed by atoms with Crippen LogP contribution in [-0.2, 0) is 28.9 Å². The van der Waals surface area contributed by atoms with Crippen molar-refractivity contribution >= 4 is 39.2 Å². The summed E-state index contributed by atoms with van der Waals surface area (Å²) in [7, 11) is 1.61. The van der Waals surface area contributed by atoms with Crippen molar-refractivity contribution in [3.63, 3.8) is 0 Å². The minimum absolute atomic E-state index is 0.0602. The van der Waals surface area contributed by atoms with E-state index in [0.717, 1.165) is 35.9 Å². The van der Waals surface area contributed by atoms with E-state index in [1.54, 1.807) is 23.0 Å². The summed E-state index contributed by atoms with van der Waals surface area (Å²) in [6.45, 7) is 8.18. The second-order valence-corrected chi connectivity index (χ2v) is 10.2. The lowest BCUT2D eigenvalue weighted by atomic mass is 9.89. The van der Waals surface area contributed by atoms with Crippen LogP contribution in [-0.4, -0.2) is 41.5 Å². The van der Waals surface area contributed by atoms with E-state index < -0.39 is 0 Å². The Hall–Kier alpha value is -1.38.